The van der Waals surface area contributed by atoms with Crippen molar-refractivity contribution in [3.05, 3.63) is 41.5 Å². The fraction of sp³-hybridized carbons (Fsp3) is 0.500. The Morgan fingerprint density at radius 1 is 1.44 bits per heavy atom. The molecule has 4 nitrogen and oxygen atoms in total. The fourth-order valence-electron chi connectivity index (χ4n) is 2.81. The smallest absolute Gasteiger partial charge is 0.156 e. The maximum atomic E-state index is 5.16. The lowest BCUT2D eigenvalue weighted by Crippen LogP contribution is -2.15. The molecule has 18 heavy (non-hydrogen) atoms. The van der Waals surface area contributed by atoms with Crippen LogP contribution in [0.1, 0.15) is 42.2 Å². The minimum atomic E-state index is 0.499. The first kappa shape index (κ1) is 11.5. The lowest BCUT2D eigenvalue weighted by Gasteiger charge is -2.13. The third-order valence-electron chi connectivity index (χ3n) is 3.74. The van der Waals surface area contributed by atoms with E-state index in [2.05, 4.69) is 27.4 Å². The summed E-state index contributed by atoms with van der Waals surface area (Å²) < 4.78 is 7.37. The second-order valence-electron chi connectivity index (χ2n) is 4.98. The summed E-state index contributed by atoms with van der Waals surface area (Å²) >= 11 is 0. The second kappa shape index (κ2) is 4.98. The van der Waals surface area contributed by atoms with Crippen LogP contribution in [0.4, 0.5) is 0 Å². The van der Waals surface area contributed by atoms with Crippen LogP contribution >= 0.6 is 0 Å². The summed E-state index contributed by atoms with van der Waals surface area (Å²) in [6, 6.07) is 2.42. The molecule has 3 rings (SSSR count). The van der Waals surface area contributed by atoms with Crippen molar-refractivity contribution in [3.8, 4) is 0 Å². The summed E-state index contributed by atoms with van der Waals surface area (Å²) in [6.45, 7) is 0.767. The van der Waals surface area contributed by atoms with Crippen LogP contribution in [-0.2, 0) is 13.0 Å². The van der Waals surface area contributed by atoms with Gasteiger partial charge in [-0.05, 0) is 37.4 Å². The van der Waals surface area contributed by atoms with Crippen LogP contribution in [0.2, 0.25) is 0 Å². The molecular formula is C14H19N3O. The van der Waals surface area contributed by atoms with Crippen LogP contribution in [0, 0.1) is 0 Å². The number of nitrogens with zero attached hydrogens (tertiary/aromatic N) is 2. The van der Waals surface area contributed by atoms with Gasteiger partial charge in [0.15, 0.2) is 5.76 Å². The van der Waals surface area contributed by atoms with Gasteiger partial charge in [0.25, 0.3) is 0 Å². The largest absolute Gasteiger partial charge is 0.359 e. The van der Waals surface area contributed by atoms with E-state index < -0.39 is 0 Å². The van der Waals surface area contributed by atoms with Gasteiger partial charge >= 0.3 is 0 Å². The highest BCUT2D eigenvalue weighted by Crippen LogP contribution is 2.29. The molecule has 1 aliphatic carbocycles. The van der Waals surface area contributed by atoms with Crippen molar-refractivity contribution in [2.75, 3.05) is 7.05 Å². The number of hydrogen-bond donors (Lipinski definition) is 1. The summed E-state index contributed by atoms with van der Waals surface area (Å²) in [6.07, 6.45) is 11.2. The first-order valence-electron chi connectivity index (χ1n) is 6.62. The van der Waals surface area contributed by atoms with E-state index in [1.807, 2.05) is 13.1 Å². The van der Waals surface area contributed by atoms with E-state index in [0.29, 0.717) is 6.04 Å². The van der Waals surface area contributed by atoms with Crippen molar-refractivity contribution in [3.63, 3.8) is 0 Å². The van der Waals surface area contributed by atoms with Gasteiger partial charge in [-0.2, -0.15) is 0 Å². The Hall–Kier alpha value is -1.55. The van der Waals surface area contributed by atoms with E-state index in [1.54, 1.807) is 6.20 Å². The third-order valence-corrected chi connectivity index (χ3v) is 3.74. The molecule has 0 amide bonds. The third kappa shape index (κ3) is 2.20. The first-order chi connectivity index (χ1) is 8.86. The maximum absolute atomic E-state index is 5.16. The van der Waals surface area contributed by atoms with Crippen LogP contribution in [0.5, 0.6) is 0 Å². The molecule has 1 N–H and O–H groups in total. The molecule has 2 aromatic heterocycles. The van der Waals surface area contributed by atoms with Crippen molar-refractivity contribution in [1.29, 1.82) is 0 Å². The maximum Gasteiger partial charge on any atom is 0.156 e. The van der Waals surface area contributed by atoms with Crippen molar-refractivity contribution >= 4 is 0 Å². The van der Waals surface area contributed by atoms with Crippen LogP contribution in [0.25, 0.3) is 0 Å². The normalized spacial score (nSPS) is 19.5. The van der Waals surface area contributed by atoms with E-state index in [9.17, 15) is 0 Å². The predicted octanol–water partition coefficient (Wildman–Crippen LogP) is 2.51. The molecule has 0 radical (unpaired) electrons. The van der Waals surface area contributed by atoms with E-state index in [4.69, 9.17) is 4.52 Å². The summed E-state index contributed by atoms with van der Waals surface area (Å²) in [7, 11) is 2.05. The van der Waals surface area contributed by atoms with E-state index in [1.165, 1.54) is 36.8 Å². The van der Waals surface area contributed by atoms with Crippen LogP contribution in [0.15, 0.2) is 29.2 Å². The van der Waals surface area contributed by atoms with Gasteiger partial charge in [-0.3, -0.25) is 0 Å². The topological polar surface area (TPSA) is 43.0 Å². The molecule has 1 atom stereocenters. The Morgan fingerprint density at radius 3 is 3.17 bits per heavy atom. The van der Waals surface area contributed by atoms with Gasteiger partial charge in [-0.15, -0.1) is 0 Å². The Labute approximate surface area is 107 Å². The van der Waals surface area contributed by atoms with Crippen LogP contribution < -0.4 is 5.32 Å². The van der Waals surface area contributed by atoms with Gasteiger partial charge < -0.3 is 14.4 Å². The highest BCUT2D eigenvalue weighted by molar-refractivity contribution is 5.29. The van der Waals surface area contributed by atoms with Gasteiger partial charge in [0.1, 0.15) is 0 Å². The first-order valence-corrected chi connectivity index (χ1v) is 6.62. The zero-order chi connectivity index (χ0) is 12.4. The molecular weight excluding hydrogens is 226 g/mol. The number of aryl methyl sites for hydroxylation is 1. The number of nitrogens with one attached hydrogen (secondary N) is 1. The van der Waals surface area contributed by atoms with Crippen molar-refractivity contribution in [2.45, 2.75) is 38.3 Å². The van der Waals surface area contributed by atoms with E-state index in [-0.39, 0.29) is 0 Å². The van der Waals surface area contributed by atoms with Crippen LogP contribution in [0.3, 0.4) is 0 Å². The molecule has 0 aromatic carbocycles. The number of fused-ring (bicyclic) bond motifs is 1. The molecule has 2 heterocycles. The van der Waals surface area contributed by atoms with Crippen LogP contribution in [-0.4, -0.2) is 16.8 Å². The molecule has 2 aromatic rings. The minimum absolute atomic E-state index is 0.499. The molecule has 0 spiro atoms. The van der Waals surface area contributed by atoms with Crippen molar-refractivity contribution in [2.24, 2.45) is 0 Å². The Bertz CT molecular complexity index is 501. The lowest BCUT2D eigenvalue weighted by molar-refractivity contribution is 0.376. The summed E-state index contributed by atoms with van der Waals surface area (Å²) in [5.74, 6) is 0.904. The molecule has 4 heteroatoms. The fourth-order valence-corrected chi connectivity index (χ4v) is 2.81. The molecule has 1 unspecified atom stereocenters. The molecule has 0 saturated carbocycles. The highest BCUT2D eigenvalue weighted by atomic mass is 16.5. The van der Waals surface area contributed by atoms with Crippen molar-refractivity contribution < 1.29 is 4.52 Å². The Kier molecular flexibility index (Phi) is 3.19. The second-order valence-corrected chi connectivity index (χ2v) is 4.98. The lowest BCUT2D eigenvalue weighted by atomic mass is 10.1. The Morgan fingerprint density at radius 2 is 2.39 bits per heavy atom. The average Bonchev–Trinajstić information content (AvgIpc) is 2.97. The van der Waals surface area contributed by atoms with Gasteiger partial charge in [0.05, 0.1) is 12.7 Å². The van der Waals surface area contributed by atoms with Gasteiger partial charge in [0.2, 0.25) is 0 Å². The van der Waals surface area contributed by atoms with Gasteiger partial charge in [-0.25, -0.2) is 0 Å². The molecule has 0 aliphatic heterocycles. The molecule has 1 aliphatic rings. The van der Waals surface area contributed by atoms with E-state index >= 15 is 0 Å². The number of aromatic nitrogens is 2. The molecule has 96 valence electrons. The van der Waals surface area contributed by atoms with Gasteiger partial charge in [-0.1, -0.05) is 11.6 Å². The molecule has 0 bridgehead atoms. The monoisotopic (exact) mass is 245 g/mol. The summed E-state index contributed by atoms with van der Waals surface area (Å²) in [4.78, 5) is 0. The SMILES string of the molecule is CNC1CCCCc2cn(Cc3ccno3)cc21. The number of rotatable bonds is 3. The average molecular weight is 245 g/mol. The standard InChI is InChI=1S/C14H19N3O/c1-15-14-5-3-2-4-11-8-17(10-13(11)14)9-12-6-7-16-18-12/h6-8,10,14-15H,2-5,9H2,1H3. The number of hydrogen-bond acceptors (Lipinski definition) is 3. The summed E-state index contributed by atoms with van der Waals surface area (Å²) in [5.41, 5.74) is 2.93. The highest BCUT2D eigenvalue weighted by Gasteiger charge is 2.19. The van der Waals surface area contributed by atoms with Crippen molar-refractivity contribution in [1.82, 2.24) is 15.0 Å². The molecule has 0 fully saturated rings. The van der Waals surface area contributed by atoms with E-state index in [0.717, 1.165) is 12.3 Å². The summed E-state index contributed by atoms with van der Waals surface area (Å²) in [5, 5.41) is 7.17. The quantitative estimate of drug-likeness (QED) is 0.845. The molecule has 0 saturated heterocycles. The Balaban J connectivity index is 1.86. The zero-order valence-electron chi connectivity index (χ0n) is 10.7. The minimum Gasteiger partial charge on any atom is -0.359 e. The van der Waals surface area contributed by atoms with Gasteiger partial charge in [0, 0.05) is 24.5 Å². The predicted molar refractivity (Wildman–Crippen MR) is 69.4 cm³/mol. The zero-order valence-corrected chi connectivity index (χ0v) is 10.7.